The summed E-state index contributed by atoms with van der Waals surface area (Å²) in [5.74, 6) is 0. The Morgan fingerprint density at radius 2 is 1.67 bits per heavy atom. The molecule has 18 heavy (non-hydrogen) atoms. The first kappa shape index (κ1) is 15.1. The van der Waals surface area contributed by atoms with E-state index in [2.05, 4.69) is 0 Å². The van der Waals surface area contributed by atoms with Crippen LogP contribution in [0, 0.1) is 0 Å². The van der Waals surface area contributed by atoms with Crippen molar-refractivity contribution in [2.45, 2.75) is 24.8 Å². The Hall–Kier alpha value is -0.950. The fraction of sp³-hybridized carbons (Fsp3) is 0.400. The lowest BCUT2D eigenvalue weighted by Gasteiger charge is -2.17. The second-order valence-electron chi connectivity index (χ2n) is 3.66. The van der Waals surface area contributed by atoms with Crippen LogP contribution in [0.15, 0.2) is 18.2 Å². The van der Waals surface area contributed by atoms with Crippen LogP contribution >= 0.6 is 11.6 Å². The first-order chi connectivity index (χ1) is 8.00. The van der Waals surface area contributed by atoms with E-state index in [1.165, 1.54) is 0 Å². The molecule has 1 aromatic carbocycles. The lowest BCUT2D eigenvalue weighted by atomic mass is 10.0. The molecule has 0 aliphatic carbocycles. The fourth-order valence-corrected chi connectivity index (χ4v) is 1.62. The normalized spacial score (nSPS) is 14.7. The molecule has 0 aliphatic rings. The van der Waals surface area contributed by atoms with Gasteiger partial charge >= 0.3 is 12.4 Å². The molecule has 0 radical (unpaired) electrons. The van der Waals surface area contributed by atoms with E-state index < -0.39 is 30.4 Å². The molecule has 0 unspecified atom stereocenters. The highest BCUT2D eigenvalue weighted by molar-refractivity contribution is 6.31. The standard InChI is InChI=1S/C10H8ClF6N/c11-7-2-1-5(10(15,16)17)3-6(7)8(18)4-9(12,13)14/h1-3,8H,4,18H2/t8-/m0/s1. The van der Waals surface area contributed by atoms with Crippen LogP contribution in [0.1, 0.15) is 23.6 Å². The third-order valence-electron chi connectivity index (χ3n) is 2.17. The summed E-state index contributed by atoms with van der Waals surface area (Å²) in [4.78, 5) is 0. The number of halogens is 7. The molecule has 0 amide bonds. The molecule has 1 aromatic rings. The molecular weight excluding hydrogens is 284 g/mol. The minimum atomic E-state index is -4.66. The minimum Gasteiger partial charge on any atom is -0.324 e. The lowest BCUT2D eigenvalue weighted by Crippen LogP contribution is -2.21. The quantitative estimate of drug-likeness (QED) is 0.807. The van der Waals surface area contributed by atoms with Crippen LogP contribution in [0.5, 0.6) is 0 Å². The van der Waals surface area contributed by atoms with Gasteiger partial charge in [0.1, 0.15) is 0 Å². The third kappa shape index (κ3) is 4.06. The zero-order chi connectivity index (χ0) is 14.1. The molecule has 0 aromatic heterocycles. The molecule has 0 bridgehead atoms. The Morgan fingerprint density at radius 1 is 1.11 bits per heavy atom. The molecule has 0 saturated heterocycles. The van der Waals surface area contributed by atoms with Gasteiger partial charge in [-0.3, -0.25) is 0 Å². The van der Waals surface area contributed by atoms with Gasteiger partial charge in [-0.15, -0.1) is 0 Å². The van der Waals surface area contributed by atoms with Crippen molar-refractivity contribution in [3.05, 3.63) is 34.3 Å². The molecular formula is C10H8ClF6N. The van der Waals surface area contributed by atoms with Gasteiger partial charge in [0.05, 0.1) is 12.0 Å². The maximum atomic E-state index is 12.4. The minimum absolute atomic E-state index is 0.222. The largest absolute Gasteiger partial charge is 0.416 e. The van der Waals surface area contributed by atoms with Gasteiger partial charge in [-0.1, -0.05) is 11.6 Å². The number of alkyl halides is 6. The van der Waals surface area contributed by atoms with Crippen molar-refractivity contribution < 1.29 is 26.3 Å². The monoisotopic (exact) mass is 291 g/mol. The molecule has 0 saturated carbocycles. The molecule has 8 heteroatoms. The second-order valence-corrected chi connectivity index (χ2v) is 4.07. The van der Waals surface area contributed by atoms with Crippen molar-refractivity contribution in [2.24, 2.45) is 5.73 Å². The number of hydrogen-bond acceptors (Lipinski definition) is 1. The van der Waals surface area contributed by atoms with Crippen LogP contribution in [0.2, 0.25) is 5.02 Å². The third-order valence-corrected chi connectivity index (χ3v) is 2.52. The number of hydrogen-bond donors (Lipinski definition) is 1. The van der Waals surface area contributed by atoms with E-state index in [0.29, 0.717) is 12.1 Å². The van der Waals surface area contributed by atoms with Crippen molar-refractivity contribution in [3.63, 3.8) is 0 Å². The molecule has 0 heterocycles. The van der Waals surface area contributed by atoms with Gasteiger partial charge in [0, 0.05) is 11.1 Å². The molecule has 1 rings (SSSR count). The average Bonchev–Trinajstić information content (AvgIpc) is 2.13. The van der Waals surface area contributed by atoms with Gasteiger partial charge in [0.25, 0.3) is 0 Å². The van der Waals surface area contributed by atoms with E-state index in [4.69, 9.17) is 17.3 Å². The Morgan fingerprint density at radius 3 is 2.11 bits per heavy atom. The van der Waals surface area contributed by atoms with E-state index >= 15 is 0 Å². The molecule has 1 atom stereocenters. The zero-order valence-electron chi connectivity index (χ0n) is 8.74. The van der Waals surface area contributed by atoms with Crippen molar-refractivity contribution in [3.8, 4) is 0 Å². The highest BCUT2D eigenvalue weighted by Crippen LogP contribution is 2.36. The zero-order valence-corrected chi connectivity index (χ0v) is 9.50. The maximum Gasteiger partial charge on any atom is 0.416 e. The van der Waals surface area contributed by atoms with Crippen molar-refractivity contribution in [2.75, 3.05) is 0 Å². The molecule has 0 aliphatic heterocycles. The summed E-state index contributed by atoms with van der Waals surface area (Å²) in [6, 6.07) is 0.487. The van der Waals surface area contributed by atoms with E-state index in [1.807, 2.05) is 0 Å². The van der Waals surface area contributed by atoms with E-state index in [0.717, 1.165) is 6.07 Å². The number of rotatable bonds is 2. The van der Waals surface area contributed by atoms with E-state index in [-0.39, 0.29) is 10.6 Å². The van der Waals surface area contributed by atoms with Crippen LogP contribution in [0.25, 0.3) is 0 Å². The topological polar surface area (TPSA) is 26.0 Å². The Labute approximate surface area is 104 Å². The van der Waals surface area contributed by atoms with Crippen molar-refractivity contribution in [1.82, 2.24) is 0 Å². The first-order valence-electron chi connectivity index (χ1n) is 4.69. The summed E-state index contributed by atoms with van der Waals surface area (Å²) in [7, 11) is 0. The van der Waals surface area contributed by atoms with Crippen LogP contribution in [-0.2, 0) is 6.18 Å². The summed E-state index contributed by atoms with van der Waals surface area (Å²) in [6.45, 7) is 0. The predicted molar refractivity (Wildman–Crippen MR) is 54.1 cm³/mol. The van der Waals surface area contributed by atoms with Crippen molar-refractivity contribution >= 4 is 11.6 Å². The van der Waals surface area contributed by atoms with Crippen molar-refractivity contribution in [1.29, 1.82) is 0 Å². The fourth-order valence-electron chi connectivity index (χ4n) is 1.36. The lowest BCUT2D eigenvalue weighted by molar-refractivity contribution is -0.138. The van der Waals surface area contributed by atoms with Gasteiger partial charge in [0.15, 0.2) is 0 Å². The first-order valence-corrected chi connectivity index (χ1v) is 5.07. The SMILES string of the molecule is N[C@@H](CC(F)(F)F)c1cc(C(F)(F)F)ccc1Cl. The van der Waals surface area contributed by atoms with E-state index in [1.54, 1.807) is 0 Å². The molecule has 2 N–H and O–H groups in total. The molecule has 0 spiro atoms. The smallest absolute Gasteiger partial charge is 0.324 e. The van der Waals surface area contributed by atoms with Gasteiger partial charge in [-0.2, -0.15) is 26.3 Å². The summed E-state index contributed by atoms with van der Waals surface area (Å²) in [5, 5.41) is -0.222. The summed E-state index contributed by atoms with van der Waals surface area (Å²) >= 11 is 5.56. The Balaban J connectivity index is 3.08. The van der Waals surface area contributed by atoms with Crippen LogP contribution in [0.3, 0.4) is 0 Å². The number of nitrogens with two attached hydrogens (primary N) is 1. The van der Waals surface area contributed by atoms with Gasteiger partial charge in [-0.05, 0) is 23.8 Å². The van der Waals surface area contributed by atoms with Gasteiger partial charge in [0.2, 0.25) is 0 Å². The molecule has 1 nitrogen and oxygen atoms in total. The summed E-state index contributed by atoms with van der Waals surface area (Å²) in [5.41, 5.74) is 3.77. The number of benzene rings is 1. The highest BCUT2D eigenvalue weighted by atomic mass is 35.5. The Bertz CT molecular complexity index is 425. The van der Waals surface area contributed by atoms with Crippen LogP contribution in [0.4, 0.5) is 26.3 Å². The van der Waals surface area contributed by atoms with Crippen LogP contribution < -0.4 is 5.73 Å². The second kappa shape index (κ2) is 4.97. The van der Waals surface area contributed by atoms with E-state index in [9.17, 15) is 26.3 Å². The molecule has 0 fully saturated rings. The summed E-state index contributed by atoms with van der Waals surface area (Å²) in [6.07, 6.45) is -10.7. The van der Waals surface area contributed by atoms with Gasteiger partial charge < -0.3 is 5.73 Å². The maximum absolute atomic E-state index is 12.4. The Kier molecular flexibility index (Phi) is 4.17. The molecule has 102 valence electrons. The summed E-state index contributed by atoms with van der Waals surface area (Å²) < 4.78 is 73.5. The highest BCUT2D eigenvalue weighted by Gasteiger charge is 2.34. The average molecular weight is 292 g/mol. The van der Waals surface area contributed by atoms with Crippen LogP contribution in [-0.4, -0.2) is 6.18 Å². The predicted octanol–water partition coefficient (Wildman–Crippen LogP) is 4.31. The van der Waals surface area contributed by atoms with Gasteiger partial charge in [-0.25, -0.2) is 0 Å².